The van der Waals surface area contributed by atoms with Crippen molar-refractivity contribution in [2.24, 2.45) is 0 Å². The first kappa shape index (κ1) is 15.9. The van der Waals surface area contributed by atoms with Crippen LogP contribution in [0.3, 0.4) is 0 Å². The van der Waals surface area contributed by atoms with E-state index in [0.717, 1.165) is 24.2 Å². The predicted molar refractivity (Wildman–Crippen MR) is 79.9 cm³/mol. The molecule has 1 aromatic rings. The van der Waals surface area contributed by atoms with E-state index in [1.807, 2.05) is 19.2 Å². The van der Waals surface area contributed by atoms with E-state index in [-0.39, 0.29) is 5.54 Å². The zero-order valence-corrected chi connectivity index (χ0v) is 12.6. The molecule has 0 aliphatic heterocycles. The van der Waals surface area contributed by atoms with Gasteiger partial charge in [0.05, 0.1) is 18.9 Å². The number of rotatable bonds is 7. The third kappa shape index (κ3) is 7.75. The van der Waals surface area contributed by atoms with Crippen LogP contribution >= 0.6 is 0 Å². The summed E-state index contributed by atoms with van der Waals surface area (Å²) in [5.41, 5.74) is 3.45. The Bertz CT molecular complexity index is 390. The molecule has 1 aromatic heterocycles. The SMILES string of the molecule is C=C(C)CCOCc1ccc(CNC(C)(C)C)cn1. The van der Waals surface area contributed by atoms with Crippen LogP contribution in [0, 0.1) is 0 Å². The maximum atomic E-state index is 5.55. The zero-order valence-electron chi connectivity index (χ0n) is 12.6. The van der Waals surface area contributed by atoms with Crippen molar-refractivity contribution in [2.45, 2.75) is 52.8 Å². The van der Waals surface area contributed by atoms with E-state index >= 15 is 0 Å². The molecule has 0 bridgehead atoms. The van der Waals surface area contributed by atoms with E-state index in [1.54, 1.807) is 0 Å². The highest BCUT2D eigenvalue weighted by molar-refractivity contribution is 5.13. The Kier molecular flexibility index (Phi) is 6.19. The van der Waals surface area contributed by atoms with Crippen LogP contribution in [-0.4, -0.2) is 17.1 Å². The molecule has 0 fully saturated rings. The van der Waals surface area contributed by atoms with Crippen molar-refractivity contribution in [1.29, 1.82) is 0 Å². The lowest BCUT2D eigenvalue weighted by Gasteiger charge is -2.20. The molecule has 0 spiro atoms. The van der Waals surface area contributed by atoms with Gasteiger partial charge in [0.15, 0.2) is 0 Å². The molecule has 0 saturated carbocycles. The van der Waals surface area contributed by atoms with Crippen LogP contribution < -0.4 is 5.32 Å². The number of nitrogens with zero attached hydrogens (tertiary/aromatic N) is 1. The van der Waals surface area contributed by atoms with Gasteiger partial charge < -0.3 is 10.1 Å². The van der Waals surface area contributed by atoms with Crippen LogP contribution in [0.25, 0.3) is 0 Å². The largest absolute Gasteiger partial charge is 0.375 e. The van der Waals surface area contributed by atoms with Gasteiger partial charge in [-0.05, 0) is 45.7 Å². The molecule has 3 nitrogen and oxygen atoms in total. The molecule has 0 aliphatic carbocycles. The number of hydrogen-bond acceptors (Lipinski definition) is 3. The molecule has 3 heteroatoms. The van der Waals surface area contributed by atoms with Gasteiger partial charge in [-0.2, -0.15) is 0 Å². The van der Waals surface area contributed by atoms with Gasteiger partial charge in [0.2, 0.25) is 0 Å². The van der Waals surface area contributed by atoms with Crippen molar-refractivity contribution < 1.29 is 4.74 Å². The van der Waals surface area contributed by atoms with E-state index in [0.29, 0.717) is 13.2 Å². The van der Waals surface area contributed by atoms with Crippen molar-refractivity contribution in [3.8, 4) is 0 Å². The van der Waals surface area contributed by atoms with Crippen LogP contribution in [-0.2, 0) is 17.9 Å². The van der Waals surface area contributed by atoms with Crippen LogP contribution in [0.1, 0.15) is 45.4 Å². The second kappa shape index (κ2) is 7.41. The highest BCUT2D eigenvalue weighted by Gasteiger charge is 2.08. The average molecular weight is 262 g/mol. The minimum Gasteiger partial charge on any atom is -0.375 e. The number of ether oxygens (including phenoxy) is 1. The first-order valence-corrected chi connectivity index (χ1v) is 6.78. The number of aromatic nitrogens is 1. The topological polar surface area (TPSA) is 34.1 Å². The minimum absolute atomic E-state index is 0.129. The molecule has 0 radical (unpaired) electrons. The summed E-state index contributed by atoms with van der Waals surface area (Å²) in [6.07, 6.45) is 2.82. The number of pyridine rings is 1. The van der Waals surface area contributed by atoms with E-state index in [9.17, 15) is 0 Å². The van der Waals surface area contributed by atoms with Crippen molar-refractivity contribution in [3.05, 3.63) is 41.7 Å². The van der Waals surface area contributed by atoms with Gasteiger partial charge >= 0.3 is 0 Å². The summed E-state index contributed by atoms with van der Waals surface area (Å²) in [6, 6.07) is 4.13. The fourth-order valence-electron chi connectivity index (χ4n) is 1.44. The first-order valence-electron chi connectivity index (χ1n) is 6.78. The summed E-state index contributed by atoms with van der Waals surface area (Å²) in [4.78, 5) is 4.41. The fraction of sp³-hybridized carbons (Fsp3) is 0.562. The van der Waals surface area contributed by atoms with E-state index < -0.39 is 0 Å². The monoisotopic (exact) mass is 262 g/mol. The van der Waals surface area contributed by atoms with Crippen molar-refractivity contribution in [1.82, 2.24) is 10.3 Å². The normalized spacial score (nSPS) is 11.6. The first-order chi connectivity index (χ1) is 8.87. The van der Waals surface area contributed by atoms with Gasteiger partial charge in [-0.1, -0.05) is 11.6 Å². The lowest BCUT2D eigenvalue weighted by atomic mass is 10.1. The molecular weight excluding hydrogens is 236 g/mol. The summed E-state index contributed by atoms with van der Waals surface area (Å²) in [7, 11) is 0. The van der Waals surface area contributed by atoms with Crippen LogP contribution in [0.15, 0.2) is 30.5 Å². The van der Waals surface area contributed by atoms with Gasteiger partial charge in [0, 0.05) is 18.3 Å². The summed E-state index contributed by atoms with van der Waals surface area (Å²) in [5, 5.41) is 3.44. The Morgan fingerprint density at radius 1 is 1.37 bits per heavy atom. The van der Waals surface area contributed by atoms with Crippen molar-refractivity contribution >= 4 is 0 Å². The maximum absolute atomic E-state index is 5.55. The Hall–Kier alpha value is -1.19. The van der Waals surface area contributed by atoms with Crippen LogP contribution in [0.5, 0.6) is 0 Å². The molecule has 0 atom stereocenters. The Labute approximate surface area is 117 Å². The van der Waals surface area contributed by atoms with E-state index in [2.05, 4.69) is 43.7 Å². The molecule has 1 heterocycles. The van der Waals surface area contributed by atoms with E-state index in [1.165, 1.54) is 5.56 Å². The molecule has 0 saturated heterocycles. The lowest BCUT2D eigenvalue weighted by molar-refractivity contribution is 0.121. The molecular formula is C16H26N2O. The highest BCUT2D eigenvalue weighted by atomic mass is 16.5. The maximum Gasteiger partial charge on any atom is 0.0887 e. The minimum atomic E-state index is 0.129. The predicted octanol–water partition coefficient (Wildman–Crippen LogP) is 3.45. The van der Waals surface area contributed by atoms with Gasteiger partial charge in [0.1, 0.15) is 0 Å². The summed E-state index contributed by atoms with van der Waals surface area (Å²) < 4.78 is 5.55. The molecule has 0 amide bonds. The lowest BCUT2D eigenvalue weighted by Crippen LogP contribution is -2.35. The van der Waals surface area contributed by atoms with Gasteiger partial charge in [0.25, 0.3) is 0 Å². The molecule has 0 aromatic carbocycles. The van der Waals surface area contributed by atoms with Crippen molar-refractivity contribution in [2.75, 3.05) is 6.61 Å². The summed E-state index contributed by atoms with van der Waals surface area (Å²) in [6.45, 7) is 14.5. The Morgan fingerprint density at radius 3 is 2.63 bits per heavy atom. The molecule has 0 aliphatic rings. The summed E-state index contributed by atoms with van der Waals surface area (Å²) >= 11 is 0. The van der Waals surface area contributed by atoms with Crippen LogP contribution in [0.4, 0.5) is 0 Å². The third-order valence-electron chi connectivity index (χ3n) is 2.63. The van der Waals surface area contributed by atoms with Crippen molar-refractivity contribution in [3.63, 3.8) is 0 Å². The van der Waals surface area contributed by atoms with Gasteiger partial charge in [-0.25, -0.2) is 0 Å². The smallest absolute Gasteiger partial charge is 0.0887 e. The zero-order chi connectivity index (χ0) is 14.3. The number of nitrogens with one attached hydrogen (secondary N) is 1. The molecule has 19 heavy (non-hydrogen) atoms. The average Bonchev–Trinajstić information content (AvgIpc) is 2.32. The Morgan fingerprint density at radius 2 is 2.11 bits per heavy atom. The van der Waals surface area contributed by atoms with Gasteiger partial charge in [-0.15, -0.1) is 6.58 Å². The number of hydrogen-bond donors (Lipinski definition) is 1. The van der Waals surface area contributed by atoms with E-state index in [4.69, 9.17) is 4.74 Å². The van der Waals surface area contributed by atoms with Crippen LogP contribution in [0.2, 0.25) is 0 Å². The molecule has 1 rings (SSSR count). The third-order valence-corrected chi connectivity index (χ3v) is 2.63. The molecule has 0 unspecified atom stereocenters. The standard InChI is InChI=1S/C16H26N2O/c1-13(2)8-9-19-12-15-7-6-14(10-17-15)11-18-16(3,4)5/h6-7,10,18H,1,8-9,11-12H2,2-5H3. The highest BCUT2D eigenvalue weighted by Crippen LogP contribution is 2.06. The second-order valence-electron chi connectivity index (χ2n) is 6.02. The second-order valence-corrected chi connectivity index (χ2v) is 6.02. The Balaban J connectivity index is 2.33. The quantitative estimate of drug-likeness (QED) is 0.603. The fourth-order valence-corrected chi connectivity index (χ4v) is 1.44. The summed E-state index contributed by atoms with van der Waals surface area (Å²) in [5.74, 6) is 0. The van der Waals surface area contributed by atoms with Gasteiger partial charge in [-0.3, -0.25) is 4.98 Å². The molecule has 1 N–H and O–H groups in total. The molecule has 106 valence electrons.